The molecule has 0 aliphatic carbocycles. The molecule has 0 spiro atoms. The molecule has 4 aromatic rings. The van der Waals surface area contributed by atoms with E-state index in [4.69, 9.17) is 4.74 Å². The molecular formula is C36H36N2O2S. The van der Waals surface area contributed by atoms with Crippen molar-refractivity contribution in [2.24, 2.45) is 0 Å². The zero-order valence-electron chi connectivity index (χ0n) is 23.8. The summed E-state index contributed by atoms with van der Waals surface area (Å²) in [7, 11) is 0. The van der Waals surface area contributed by atoms with Gasteiger partial charge in [0, 0.05) is 11.4 Å². The quantitative estimate of drug-likeness (QED) is 0.120. The summed E-state index contributed by atoms with van der Waals surface area (Å²) in [6.07, 6.45) is 4.04. The van der Waals surface area contributed by atoms with Crippen LogP contribution in [-0.2, 0) is 15.6 Å². The summed E-state index contributed by atoms with van der Waals surface area (Å²) in [5, 5.41) is 10.6. The molecule has 5 rings (SSSR count). The molecule has 0 saturated carbocycles. The van der Waals surface area contributed by atoms with Crippen LogP contribution < -0.4 is 4.74 Å². The first-order valence-electron chi connectivity index (χ1n) is 14.2. The minimum absolute atomic E-state index is 0.195. The van der Waals surface area contributed by atoms with Gasteiger partial charge in [-0.05, 0) is 86.0 Å². The Morgan fingerprint density at radius 3 is 1.98 bits per heavy atom. The first kappa shape index (κ1) is 28.7. The molecule has 0 N–H and O–H groups in total. The Bertz CT molecular complexity index is 1450. The summed E-state index contributed by atoms with van der Waals surface area (Å²) in [5.41, 5.74) is 2.67. The molecule has 0 bridgehead atoms. The van der Waals surface area contributed by atoms with Gasteiger partial charge in [-0.1, -0.05) is 91.0 Å². The lowest BCUT2D eigenvalue weighted by Gasteiger charge is -2.41. The number of esters is 1. The number of likely N-dealkylation sites (tertiary alicyclic amines) is 1. The van der Waals surface area contributed by atoms with Crippen molar-refractivity contribution in [3.63, 3.8) is 0 Å². The number of hydrogen-bond donors (Lipinski definition) is 0. The highest BCUT2D eigenvalue weighted by atomic mass is 32.2. The largest absolute Gasteiger partial charge is 0.426 e. The van der Waals surface area contributed by atoms with E-state index < -0.39 is 10.8 Å². The highest BCUT2D eigenvalue weighted by Crippen LogP contribution is 2.40. The van der Waals surface area contributed by atoms with Gasteiger partial charge in [-0.3, -0.25) is 4.79 Å². The zero-order chi connectivity index (χ0) is 28.7. The van der Waals surface area contributed by atoms with Gasteiger partial charge in [-0.2, -0.15) is 5.26 Å². The van der Waals surface area contributed by atoms with Crippen LogP contribution in [0.25, 0.3) is 0 Å². The minimum Gasteiger partial charge on any atom is -0.426 e. The van der Waals surface area contributed by atoms with Crippen molar-refractivity contribution in [3.05, 3.63) is 131 Å². The van der Waals surface area contributed by atoms with E-state index in [1.807, 2.05) is 98.1 Å². The van der Waals surface area contributed by atoms with E-state index in [9.17, 15) is 10.1 Å². The second-order valence-corrected chi connectivity index (χ2v) is 11.7. The van der Waals surface area contributed by atoms with E-state index in [0.29, 0.717) is 25.0 Å². The molecule has 0 amide bonds. The van der Waals surface area contributed by atoms with Gasteiger partial charge in [0.2, 0.25) is 0 Å². The molecule has 41 heavy (non-hydrogen) atoms. The Balaban J connectivity index is 1.35. The van der Waals surface area contributed by atoms with E-state index in [0.717, 1.165) is 41.9 Å². The molecule has 1 fully saturated rings. The molecule has 0 unspecified atom stereocenters. The molecule has 1 heterocycles. The third-order valence-corrected chi connectivity index (χ3v) is 9.43. The van der Waals surface area contributed by atoms with E-state index >= 15 is 0 Å². The Kier molecular flexibility index (Phi) is 8.93. The summed E-state index contributed by atoms with van der Waals surface area (Å²) >= 11 is 1.69. The maximum Gasteiger partial charge on any atom is 0.322 e. The number of benzene rings is 4. The van der Waals surface area contributed by atoms with Crippen molar-refractivity contribution in [1.29, 1.82) is 5.26 Å². The van der Waals surface area contributed by atoms with Gasteiger partial charge in [0.1, 0.15) is 11.2 Å². The molecule has 0 atom stereocenters. The molecule has 1 saturated heterocycles. The highest BCUT2D eigenvalue weighted by molar-refractivity contribution is 7.98. The molecule has 4 nitrogen and oxygen atoms in total. The molecule has 0 radical (unpaired) electrons. The number of hydrogen-bond acceptors (Lipinski definition) is 5. The lowest BCUT2D eigenvalue weighted by molar-refractivity contribution is -0.143. The van der Waals surface area contributed by atoms with E-state index in [-0.39, 0.29) is 5.97 Å². The first-order chi connectivity index (χ1) is 20.0. The van der Waals surface area contributed by atoms with Crippen LogP contribution >= 0.6 is 11.8 Å². The smallest absolute Gasteiger partial charge is 0.322 e. The summed E-state index contributed by atoms with van der Waals surface area (Å²) in [6, 6.07) is 38.8. The van der Waals surface area contributed by atoms with Crippen molar-refractivity contribution >= 4 is 17.7 Å². The average Bonchev–Trinajstić information content (AvgIpc) is 3.03. The Morgan fingerprint density at radius 2 is 1.46 bits per heavy atom. The summed E-state index contributed by atoms with van der Waals surface area (Å²) in [6.45, 7) is 4.30. The molecule has 4 aromatic carbocycles. The van der Waals surface area contributed by atoms with Gasteiger partial charge in [0.25, 0.3) is 0 Å². The third-order valence-electron chi connectivity index (χ3n) is 8.53. The van der Waals surface area contributed by atoms with Gasteiger partial charge in [0.15, 0.2) is 0 Å². The lowest BCUT2D eigenvalue weighted by atomic mass is 9.71. The number of carbonyl (C=O) groups excluding carboxylic acids is 1. The van der Waals surface area contributed by atoms with Crippen LogP contribution in [0, 0.1) is 18.3 Å². The fourth-order valence-electron chi connectivity index (χ4n) is 6.06. The monoisotopic (exact) mass is 560 g/mol. The summed E-state index contributed by atoms with van der Waals surface area (Å²) < 4.78 is 6.06. The van der Waals surface area contributed by atoms with E-state index in [1.165, 1.54) is 4.90 Å². The summed E-state index contributed by atoms with van der Waals surface area (Å²) in [4.78, 5) is 17.5. The highest BCUT2D eigenvalue weighted by Gasteiger charge is 2.45. The Hall–Kier alpha value is -3.85. The van der Waals surface area contributed by atoms with E-state index in [2.05, 4.69) is 35.2 Å². The fraction of sp³-hybridized carbons (Fsp3) is 0.278. The SMILES string of the molecule is CSc1ccc(OC(=O)C2(c3ccccc3)CCN(CCC(C#N)(c3ccccc3)c3ccccc3)CC2)cc1C. The number of ether oxygens (including phenoxy) is 1. The number of rotatable bonds is 9. The molecule has 1 aliphatic rings. The standard InChI is InChI=1S/C36H36N2O2S/c1-28-26-32(18-19-33(28)41-2)40-34(39)35(29-12-6-3-7-13-29)20-23-38(24-21-35)25-22-36(27-37,30-14-8-4-9-15-30)31-16-10-5-11-17-31/h3-19,26H,20-25H2,1-2H3. The van der Waals surface area contributed by atoms with Gasteiger partial charge < -0.3 is 9.64 Å². The number of aryl methyl sites for hydroxylation is 1. The van der Waals surface area contributed by atoms with Gasteiger partial charge in [-0.15, -0.1) is 11.8 Å². The first-order valence-corrected chi connectivity index (χ1v) is 15.4. The number of nitrogens with zero attached hydrogens (tertiary/aromatic N) is 2. The van der Waals surface area contributed by atoms with Crippen molar-refractivity contribution in [1.82, 2.24) is 4.90 Å². The lowest BCUT2D eigenvalue weighted by Crippen LogP contribution is -2.49. The minimum atomic E-state index is -0.740. The average molecular weight is 561 g/mol. The fourth-order valence-corrected chi connectivity index (χ4v) is 6.64. The topological polar surface area (TPSA) is 53.3 Å². The molecule has 5 heteroatoms. The molecule has 0 aromatic heterocycles. The molecular weight excluding hydrogens is 524 g/mol. The van der Waals surface area contributed by atoms with Crippen LogP contribution in [0.4, 0.5) is 0 Å². The normalized spacial score (nSPS) is 15.1. The Labute approximate surface area is 248 Å². The number of thioether (sulfide) groups is 1. The molecule has 1 aliphatic heterocycles. The van der Waals surface area contributed by atoms with Crippen molar-refractivity contribution in [2.75, 3.05) is 25.9 Å². The Morgan fingerprint density at radius 1 is 0.902 bits per heavy atom. The number of carbonyl (C=O) groups is 1. The van der Waals surface area contributed by atoms with Crippen LogP contribution in [0.3, 0.4) is 0 Å². The summed E-state index contributed by atoms with van der Waals surface area (Å²) in [5.74, 6) is 0.396. The predicted octanol–water partition coefficient (Wildman–Crippen LogP) is 7.56. The van der Waals surface area contributed by atoms with Gasteiger partial charge in [0.05, 0.1) is 11.5 Å². The van der Waals surface area contributed by atoms with Gasteiger partial charge in [-0.25, -0.2) is 0 Å². The number of piperidine rings is 1. The maximum atomic E-state index is 13.9. The second-order valence-electron chi connectivity index (χ2n) is 10.8. The van der Waals surface area contributed by atoms with E-state index in [1.54, 1.807) is 11.8 Å². The van der Waals surface area contributed by atoms with Crippen molar-refractivity contribution in [2.45, 2.75) is 41.9 Å². The predicted molar refractivity (Wildman–Crippen MR) is 166 cm³/mol. The van der Waals surface area contributed by atoms with Crippen molar-refractivity contribution < 1.29 is 9.53 Å². The second kappa shape index (κ2) is 12.8. The molecule has 208 valence electrons. The van der Waals surface area contributed by atoms with Crippen LogP contribution in [0.15, 0.2) is 114 Å². The maximum absolute atomic E-state index is 13.9. The zero-order valence-corrected chi connectivity index (χ0v) is 24.6. The van der Waals surface area contributed by atoms with Crippen LogP contribution in [-0.4, -0.2) is 36.8 Å². The van der Waals surface area contributed by atoms with Crippen LogP contribution in [0.1, 0.15) is 41.5 Å². The number of nitriles is 1. The van der Waals surface area contributed by atoms with Crippen molar-refractivity contribution in [3.8, 4) is 11.8 Å². The van der Waals surface area contributed by atoms with Gasteiger partial charge >= 0.3 is 5.97 Å². The van der Waals surface area contributed by atoms with Crippen LogP contribution in [0.5, 0.6) is 5.75 Å². The van der Waals surface area contributed by atoms with Crippen LogP contribution in [0.2, 0.25) is 0 Å². The third kappa shape index (κ3) is 5.95.